The van der Waals surface area contributed by atoms with Crippen LogP contribution in [0.4, 0.5) is 0 Å². The van der Waals surface area contributed by atoms with Crippen molar-refractivity contribution in [2.75, 3.05) is 13.2 Å². The van der Waals surface area contributed by atoms with Gasteiger partial charge in [-0.25, -0.2) is 0 Å². The molecule has 104 valence electrons. The van der Waals surface area contributed by atoms with Crippen molar-refractivity contribution in [2.45, 2.75) is 33.4 Å². The van der Waals surface area contributed by atoms with Gasteiger partial charge in [0.25, 0.3) is 0 Å². The average Bonchev–Trinajstić information content (AvgIpc) is 2.81. The quantitative estimate of drug-likeness (QED) is 0.777. The molecule has 19 heavy (non-hydrogen) atoms. The van der Waals surface area contributed by atoms with Gasteiger partial charge in [-0.2, -0.15) is 0 Å². The first kappa shape index (κ1) is 14.1. The van der Waals surface area contributed by atoms with Crippen LogP contribution < -0.4 is 0 Å². The zero-order valence-corrected chi connectivity index (χ0v) is 11.8. The maximum absolute atomic E-state index is 9.31. The van der Waals surface area contributed by atoms with Gasteiger partial charge in [0.05, 0.1) is 13.2 Å². The third-order valence-electron chi connectivity index (χ3n) is 3.39. The van der Waals surface area contributed by atoms with Gasteiger partial charge in [-0.05, 0) is 30.0 Å². The smallest absolute Gasteiger partial charge is 0.0688 e. The van der Waals surface area contributed by atoms with E-state index in [1.807, 2.05) is 12.1 Å². The number of benzene rings is 1. The summed E-state index contributed by atoms with van der Waals surface area (Å²) in [5.41, 5.74) is 2.15. The number of aliphatic hydroxyl groups excluding tert-OH is 1. The molecule has 0 saturated heterocycles. The third kappa shape index (κ3) is 3.58. The van der Waals surface area contributed by atoms with Crippen LogP contribution in [-0.2, 0) is 17.9 Å². The van der Waals surface area contributed by atoms with Crippen LogP contribution in [0.3, 0.4) is 0 Å². The van der Waals surface area contributed by atoms with Gasteiger partial charge in [-0.1, -0.05) is 26.0 Å². The number of rotatable bonds is 7. The molecule has 1 aromatic carbocycles. The molecule has 0 spiro atoms. The highest BCUT2D eigenvalue weighted by Gasteiger charge is 2.04. The summed E-state index contributed by atoms with van der Waals surface area (Å²) in [5, 5.41) is 10.4. The Balaban J connectivity index is 1.94. The lowest BCUT2D eigenvalue weighted by Crippen LogP contribution is -2.07. The fraction of sp³-hybridized carbons (Fsp3) is 0.500. The number of fused-ring (bicyclic) bond motifs is 1. The van der Waals surface area contributed by atoms with Crippen molar-refractivity contribution in [3.63, 3.8) is 0 Å². The second kappa shape index (κ2) is 6.73. The highest BCUT2D eigenvalue weighted by Crippen LogP contribution is 2.20. The molecule has 1 aromatic heterocycles. The van der Waals surface area contributed by atoms with Gasteiger partial charge in [0, 0.05) is 30.3 Å². The Labute approximate surface area is 114 Å². The van der Waals surface area contributed by atoms with Gasteiger partial charge in [0.2, 0.25) is 0 Å². The first-order valence-electron chi connectivity index (χ1n) is 6.97. The highest BCUT2D eigenvalue weighted by atomic mass is 16.5. The number of ether oxygens (including phenoxy) is 1. The van der Waals surface area contributed by atoms with E-state index >= 15 is 0 Å². The van der Waals surface area contributed by atoms with E-state index in [-0.39, 0.29) is 6.61 Å². The standard InChI is InChI=1S/C16H23NO2/c1-13(2)7-10-19-11-9-17-8-6-15-14(12-18)4-3-5-16(15)17/h3-6,8,13,18H,7,9-12H2,1-2H3. The Hall–Kier alpha value is -1.32. The van der Waals surface area contributed by atoms with Crippen LogP contribution in [0.15, 0.2) is 30.5 Å². The zero-order chi connectivity index (χ0) is 13.7. The molecule has 0 fully saturated rings. The van der Waals surface area contributed by atoms with Crippen molar-refractivity contribution in [1.29, 1.82) is 0 Å². The molecule has 0 amide bonds. The summed E-state index contributed by atoms with van der Waals surface area (Å²) in [6, 6.07) is 8.10. The average molecular weight is 261 g/mol. The number of aliphatic hydroxyl groups is 1. The minimum absolute atomic E-state index is 0.0895. The van der Waals surface area contributed by atoms with Crippen molar-refractivity contribution < 1.29 is 9.84 Å². The SMILES string of the molecule is CC(C)CCOCCn1ccc2c(CO)cccc21. The Bertz CT molecular complexity index is 516. The van der Waals surface area contributed by atoms with Crippen LogP contribution >= 0.6 is 0 Å². The topological polar surface area (TPSA) is 34.4 Å². The van der Waals surface area contributed by atoms with E-state index < -0.39 is 0 Å². The predicted octanol–water partition coefficient (Wildman–Crippen LogP) is 3.20. The summed E-state index contributed by atoms with van der Waals surface area (Å²) >= 11 is 0. The van der Waals surface area contributed by atoms with Gasteiger partial charge < -0.3 is 14.4 Å². The number of aromatic nitrogens is 1. The van der Waals surface area contributed by atoms with Crippen LogP contribution in [0.5, 0.6) is 0 Å². The van der Waals surface area contributed by atoms with Gasteiger partial charge in [-0.3, -0.25) is 0 Å². The molecule has 1 heterocycles. The third-order valence-corrected chi connectivity index (χ3v) is 3.39. The molecule has 0 aliphatic heterocycles. The molecule has 0 aliphatic rings. The van der Waals surface area contributed by atoms with Crippen molar-refractivity contribution in [1.82, 2.24) is 4.57 Å². The second-order valence-corrected chi connectivity index (χ2v) is 5.31. The van der Waals surface area contributed by atoms with E-state index in [4.69, 9.17) is 4.74 Å². The summed E-state index contributed by atoms with van der Waals surface area (Å²) < 4.78 is 7.84. The van der Waals surface area contributed by atoms with Gasteiger partial charge in [-0.15, -0.1) is 0 Å². The van der Waals surface area contributed by atoms with E-state index in [0.29, 0.717) is 5.92 Å². The highest BCUT2D eigenvalue weighted by molar-refractivity contribution is 5.83. The van der Waals surface area contributed by atoms with E-state index in [0.717, 1.165) is 37.1 Å². The Morgan fingerprint density at radius 2 is 2.05 bits per heavy atom. The van der Waals surface area contributed by atoms with Gasteiger partial charge in [0.15, 0.2) is 0 Å². The number of nitrogens with zero attached hydrogens (tertiary/aromatic N) is 1. The minimum Gasteiger partial charge on any atom is -0.392 e. The molecule has 0 saturated carbocycles. The molecule has 0 unspecified atom stereocenters. The Kier molecular flexibility index (Phi) is 5.00. The summed E-state index contributed by atoms with van der Waals surface area (Å²) in [5.74, 6) is 0.694. The molecule has 3 heteroatoms. The molecule has 0 atom stereocenters. The summed E-state index contributed by atoms with van der Waals surface area (Å²) in [7, 11) is 0. The summed E-state index contributed by atoms with van der Waals surface area (Å²) in [6.45, 7) is 6.93. The first-order chi connectivity index (χ1) is 9.22. The van der Waals surface area contributed by atoms with Gasteiger partial charge >= 0.3 is 0 Å². The normalized spacial score (nSPS) is 11.6. The molecule has 0 aliphatic carbocycles. The summed E-state index contributed by atoms with van der Waals surface area (Å²) in [4.78, 5) is 0. The van der Waals surface area contributed by atoms with Crippen molar-refractivity contribution in [2.24, 2.45) is 5.92 Å². The van der Waals surface area contributed by atoms with Crippen LogP contribution in [0.2, 0.25) is 0 Å². The molecular formula is C16H23NO2. The van der Waals surface area contributed by atoms with E-state index in [9.17, 15) is 5.11 Å². The van der Waals surface area contributed by atoms with Crippen molar-refractivity contribution in [3.8, 4) is 0 Å². The molecule has 0 bridgehead atoms. The van der Waals surface area contributed by atoms with Crippen molar-refractivity contribution >= 4 is 10.9 Å². The Morgan fingerprint density at radius 3 is 2.79 bits per heavy atom. The van der Waals surface area contributed by atoms with Crippen molar-refractivity contribution in [3.05, 3.63) is 36.0 Å². The van der Waals surface area contributed by atoms with Crippen LogP contribution in [0.1, 0.15) is 25.8 Å². The van der Waals surface area contributed by atoms with E-state index in [2.05, 4.69) is 36.7 Å². The van der Waals surface area contributed by atoms with E-state index in [1.165, 1.54) is 5.52 Å². The lowest BCUT2D eigenvalue weighted by Gasteiger charge is -2.08. The van der Waals surface area contributed by atoms with Crippen LogP contribution in [-0.4, -0.2) is 22.9 Å². The number of hydrogen-bond donors (Lipinski definition) is 1. The van der Waals surface area contributed by atoms with E-state index in [1.54, 1.807) is 0 Å². The molecule has 0 radical (unpaired) electrons. The molecule has 2 aromatic rings. The molecule has 1 N–H and O–H groups in total. The largest absolute Gasteiger partial charge is 0.392 e. The maximum Gasteiger partial charge on any atom is 0.0688 e. The fourth-order valence-electron chi connectivity index (χ4n) is 2.20. The van der Waals surface area contributed by atoms with Crippen LogP contribution in [0.25, 0.3) is 10.9 Å². The zero-order valence-electron chi connectivity index (χ0n) is 11.8. The lowest BCUT2D eigenvalue weighted by atomic mass is 10.1. The van der Waals surface area contributed by atoms with Gasteiger partial charge in [0.1, 0.15) is 0 Å². The molecular weight excluding hydrogens is 238 g/mol. The minimum atomic E-state index is 0.0895. The summed E-state index contributed by atoms with van der Waals surface area (Å²) in [6.07, 6.45) is 3.18. The van der Waals surface area contributed by atoms with Crippen LogP contribution in [0, 0.1) is 5.92 Å². The maximum atomic E-state index is 9.31. The fourth-order valence-corrected chi connectivity index (χ4v) is 2.20. The first-order valence-corrected chi connectivity index (χ1v) is 6.97. The number of hydrogen-bond acceptors (Lipinski definition) is 2. The molecule has 2 rings (SSSR count). The predicted molar refractivity (Wildman–Crippen MR) is 78.1 cm³/mol. The monoisotopic (exact) mass is 261 g/mol. The Morgan fingerprint density at radius 1 is 1.21 bits per heavy atom. The molecule has 3 nitrogen and oxygen atoms in total. The lowest BCUT2D eigenvalue weighted by molar-refractivity contribution is 0.117. The second-order valence-electron chi connectivity index (χ2n) is 5.31.